The van der Waals surface area contributed by atoms with E-state index in [1.165, 1.54) is 19.9 Å². The third kappa shape index (κ3) is 2.89. The monoisotopic (exact) mass is 296 g/mol. The minimum absolute atomic E-state index is 0.00120. The van der Waals surface area contributed by atoms with Crippen molar-refractivity contribution in [2.75, 3.05) is 11.5 Å². The van der Waals surface area contributed by atoms with Crippen molar-refractivity contribution < 1.29 is 16.8 Å². The minimum atomic E-state index is -3.48. The molecular weight excluding hydrogens is 280 g/mol. The molecule has 0 atom stereocenters. The maximum atomic E-state index is 11.9. The molecule has 0 bridgehead atoms. The van der Waals surface area contributed by atoms with Gasteiger partial charge in [-0.15, -0.1) is 11.3 Å². The molecule has 0 aromatic carbocycles. The third-order valence-corrected chi connectivity index (χ3v) is 8.08. The molecule has 1 aromatic heterocycles. The highest BCUT2D eigenvalue weighted by atomic mass is 32.2. The lowest BCUT2D eigenvalue weighted by atomic mass is 10.4. The number of rotatable bonds is 5. The Labute approximate surface area is 107 Å². The van der Waals surface area contributed by atoms with Gasteiger partial charge in [0, 0.05) is 4.88 Å². The summed E-state index contributed by atoms with van der Waals surface area (Å²) in [6, 6.07) is 1.49. The Morgan fingerprint density at radius 1 is 1.00 bits per heavy atom. The van der Waals surface area contributed by atoms with E-state index in [4.69, 9.17) is 0 Å². The van der Waals surface area contributed by atoms with Gasteiger partial charge in [0.1, 0.15) is 4.21 Å². The summed E-state index contributed by atoms with van der Waals surface area (Å²) in [5.41, 5.74) is 0. The van der Waals surface area contributed by atoms with Crippen molar-refractivity contribution in [2.24, 2.45) is 0 Å². The van der Waals surface area contributed by atoms with Crippen LogP contribution in [0.15, 0.2) is 15.2 Å². The van der Waals surface area contributed by atoms with E-state index < -0.39 is 19.7 Å². The lowest BCUT2D eigenvalue weighted by Gasteiger charge is -2.02. The average Bonchev–Trinajstić information content (AvgIpc) is 2.74. The van der Waals surface area contributed by atoms with Crippen molar-refractivity contribution in [3.05, 3.63) is 10.9 Å². The lowest BCUT2D eigenvalue weighted by Crippen LogP contribution is -2.10. The predicted molar refractivity (Wildman–Crippen MR) is 69.2 cm³/mol. The van der Waals surface area contributed by atoms with Crippen LogP contribution in [0.2, 0.25) is 0 Å². The largest absolute Gasteiger partial charge is 0.224 e. The summed E-state index contributed by atoms with van der Waals surface area (Å²) in [4.78, 5) is 0.757. The van der Waals surface area contributed by atoms with E-state index in [0.717, 1.165) is 16.2 Å². The summed E-state index contributed by atoms with van der Waals surface area (Å²) in [5, 5.41) is 0. The first kappa shape index (κ1) is 14.7. The third-order valence-electron chi connectivity index (χ3n) is 2.44. The fourth-order valence-corrected chi connectivity index (χ4v) is 6.06. The number of sulfone groups is 2. The molecular formula is C10H16O4S3. The van der Waals surface area contributed by atoms with Crippen LogP contribution in [0.3, 0.4) is 0 Å². The molecule has 4 nitrogen and oxygen atoms in total. The Morgan fingerprint density at radius 2 is 1.53 bits per heavy atom. The number of thiophene rings is 1. The Hall–Kier alpha value is -0.400. The normalized spacial score (nSPS) is 12.9. The Bertz CT molecular complexity index is 542. The van der Waals surface area contributed by atoms with E-state index in [1.807, 2.05) is 6.92 Å². The second-order valence-corrected chi connectivity index (χ2v) is 9.38. The summed E-state index contributed by atoms with van der Waals surface area (Å²) in [6.07, 6.45) is 0.635. The molecule has 98 valence electrons. The van der Waals surface area contributed by atoms with Crippen LogP contribution in [-0.4, -0.2) is 28.3 Å². The average molecular weight is 296 g/mol. The molecule has 0 saturated heterocycles. The smallest absolute Gasteiger partial charge is 0.188 e. The van der Waals surface area contributed by atoms with Gasteiger partial charge >= 0.3 is 0 Å². The fourth-order valence-electron chi connectivity index (χ4n) is 1.30. The highest BCUT2D eigenvalue weighted by Crippen LogP contribution is 2.32. The molecule has 0 fully saturated rings. The summed E-state index contributed by atoms with van der Waals surface area (Å²) < 4.78 is 47.4. The molecule has 17 heavy (non-hydrogen) atoms. The first-order valence-electron chi connectivity index (χ1n) is 5.36. The topological polar surface area (TPSA) is 68.3 Å². The van der Waals surface area contributed by atoms with Crippen molar-refractivity contribution in [1.29, 1.82) is 0 Å². The molecule has 0 amide bonds. The van der Waals surface area contributed by atoms with Crippen LogP contribution in [0.4, 0.5) is 0 Å². The Balaban J connectivity index is 3.57. The van der Waals surface area contributed by atoms with Crippen LogP contribution in [0, 0.1) is 0 Å². The Morgan fingerprint density at radius 3 is 1.94 bits per heavy atom. The zero-order valence-electron chi connectivity index (χ0n) is 10.1. The SMILES string of the molecule is CCc1cc(S(=O)(=O)CC)c(S(=O)(=O)CC)s1. The van der Waals surface area contributed by atoms with Gasteiger partial charge in [0.2, 0.25) is 0 Å². The number of aryl methyl sites for hydroxylation is 1. The molecule has 0 radical (unpaired) electrons. The first-order chi connectivity index (χ1) is 7.78. The van der Waals surface area contributed by atoms with Gasteiger partial charge in [-0.1, -0.05) is 20.8 Å². The summed E-state index contributed by atoms with van der Waals surface area (Å²) in [6.45, 7) is 4.90. The minimum Gasteiger partial charge on any atom is -0.224 e. The predicted octanol–water partition coefficient (Wildman–Crippen LogP) is 1.90. The number of hydrogen-bond acceptors (Lipinski definition) is 5. The zero-order chi connectivity index (χ0) is 13.3. The molecule has 0 aliphatic carbocycles. The van der Waals surface area contributed by atoms with Gasteiger partial charge in [0.05, 0.1) is 16.4 Å². The highest BCUT2D eigenvalue weighted by Gasteiger charge is 2.27. The molecule has 0 spiro atoms. The van der Waals surface area contributed by atoms with Crippen molar-refractivity contribution in [1.82, 2.24) is 0 Å². The second-order valence-electron chi connectivity index (χ2n) is 3.52. The zero-order valence-corrected chi connectivity index (χ0v) is 12.5. The van der Waals surface area contributed by atoms with Crippen molar-refractivity contribution in [3.8, 4) is 0 Å². The van der Waals surface area contributed by atoms with Crippen LogP contribution < -0.4 is 0 Å². The standard InChI is InChI=1S/C10H16O4S3/c1-4-8-7-9(16(11,12)5-2)10(15-8)17(13,14)6-3/h7H,4-6H2,1-3H3. The van der Waals surface area contributed by atoms with Crippen molar-refractivity contribution in [2.45, 2.75) is 36.3 Å². The van der Waals surface area contributed by atoms with Gasteiger partial charge in [0.25, 0.3) is 0 Å². The van der Waals surface area contributed by atoms with Crippen LogP contribution in [0.25, 0.3) is 0 Å². The van der Waals surface area contributed by atoms with Crippen LogP contribution in [-0.2, 0) is 26.1 Å². The quantitative estimate of drug-likeness (QED) is 0.832. The molecule has 0 aliphatic rings. The summed E-state index contributed by atoms with van der Waals surface area (Å²) in [7, 11) is -6.95. The van der Waals surface area contributed by atoms with E-state index in [0.29, 0.717) is 6.42 Å². The Kier molecular flexibility index (Phi) is 4.38. The van der Waals surface area contributed by atoms with Gasteiger partial charge in [-0.2, -0.15) is 0 Å². The molecule has 0 unspecified atom stereocenters. The van der Waals surface area contributed by atoms with E-state index in [1.54, 1.807) is 0 Å². The van der Waals surface area contributed by atoms with Gasteiger partial charge in [-0.25, -0.2) is 16.8 Å². The second kappa shape index (κ2) is 5.07. The van der Waals surface area contributed by atoms with Crippen molar-refractivity contribution in [3.63, 3.8) is 0 Å². The lowest BCUT2D eigenvalue weighted by molar-refractivity contribution is 0.587. The highest BCUT2D eigenvalue weighted by molar-refractivity contribution is 7.96. The molecule has 1 aromatic rings. The van der Waals surface area contributed by atoms with Gasteiger partial charge in [0.15, 0.2) is 19.7 Å². The summed E-state index contributed by atoms with van der Waals surface area (Å²) in [5.74, 6) is -0.165. The van der Waals surface area contributed by atoms with Gasteiger partial charge in [-0.05, 0) is 12.5 Å². The van der Waals surface area contributed by atoms with E-state index >= 15 is 0 Å². The molecule has 1 heterocycles. The van der Waals surface area contributed by atoms with E-state index in [-0.39, 0.29) is 20.6 Å². The van der Waals surface area contributed by atoms with E-state index in [9.17, 15) is 16.8 Å². The number of hydrogen-bond donors (Lipinski definition) is 0. The summed E-state index contributed by atoms with van der Waals surface area (Å²) >= 11 is 1.07. The molecule has 0 saturated carbocycles. The maximum absolute atomic E-state index is 11.9. The van der Waals surface area contributed by atoms with Crippen LogP contribution in [0.5, 0.6) is 0 Å². The first-order valence-corrected chi connectivity index (χ1v) is 9.48. The molecule has 1 rings (SSSR count). The molecule has 0 N–H and O–H groups in total. The van der Waals surface area contributed by atoms with Crippen LogP contribution >= 0.6 is 11.3 Å². The maximum Gasteiger partial charge on any atom is 0.188 e. The molecule has 7 heteroatoms. The van der Waals surface area contributed by atoms with E-state index in [2.05, 4.69) is 0 Å². The van der Waals surface area contributed by atoms with Crippen molar-refractivity contribution >= 4 is 31.0 Å². The fraction of sp³-hybridized carbons (Fsp3) is 0.600. The van der Waals surface area contributed by atoms with Gasteiger partial charge < -0.3 is 0 Å². The van der Waals surface area contributed by atoms with Crippen LogP contribution in [0.1, 0.15) is 25.6 Å². The molecule has 0 aliphatic heterocycles. The van der Waals surface area contributed by atoms with Gasteiger partial charge in [-0.3, -0.25) is 0 Å².